The molecule has 9 heteroatoms. The molecule has 0 radical (unpaired) electrons. The molecule has 204 valence electrons. The van der Waals surface area contributed by atoms with Crippen LogP contribution in [0, 0.1) is 11.8 Å². The Bertz CT molecular complexity index is 1340. The van der Waals surface area contributed by atoms with E-state index in [-0.39, 0.29) is 5.97 Å². The second-order valence-electron chi connectivity index (χ2n) is 9.90. The highest BCUT2D eigenvalue weighted by molar-refractivity contribution is 5.93. The van der Waals surface area contributed by atoms with Crippen LogP contribution in [0.15, 0.2) is 54.7 Å². The molecule has 0 aliphatic heterocycles. The third kappa shape index (κ3) is 10.0. The van der Waals surface area contributed by atoms with E-state index in [2.05, 4.69) is 44.7 Å². The minimum atomic E-state index is -0.480. The van der Waals surface area contributed by atoms with Gasteiger partial charge in [0, 0.05) is 42.0 Å². The standard InChI is InChI=1S/C30H36N6O3/c1-5-17-33-28-23(20-34-29(36-28)35-24-15-13-22(14-16-24)27(31)38)12-11-21-8-6-9-25(19-21)32-18-7-10-26(37)39-30(2,3)4/h6,8-9,13-16,19-20,32H,5,7,10,17-18H2,1-4H3,(H2,31,38)(H2,33,34,35,36). The molecular formula is C30H36N6O3. The van der Waals surface area contributed by atoms with Crippen molar-refractivity contribution in [2.24, 2.45) is 5.73 Å². The van der Waals surface area contributed by atoms with E-state index < -0.39 is 11.5 Å². The Morgan fingerprint density at radius 3 is 2.46 bits per heavy atom. The summed E-state index contributed by atoms with van der Waals surface area (Å²) in [5.74, 6) is 6.73. The quantitative estimate of drug-likeness (QED) is 0.154. The van der Waals surface area contributed by atoms with Crippen molar-refractivity contribution in [3.8, 4) is 11.8 Å². The van der Waals surface area contributed by atoms with Crippen molar-refractivity contribution in [2.45, 2.75) is 52.6 Å². The molecule has 5 N–H and O–H groups in total. The number of nitrogens with zero attached hydrogens (tertiary/aromatic N) is 2. The fourth-order valence-electron chi connectivity index (χ4n) is 3.46. The highest BCUT2D eigenvalue weighted by Crippen LogP contribution is 2.18. The van der Waals surface area contributed by atoms with Gasteiger partial charge in [0.1, 0.15) is 11.4 Å². The zero-order valence-electron chi connectivity index (χ0n) is 22.9. The summed E-state index contributed by atoms with van der Waals surface area (Å²) in [4.78, 5) is 32.2. The number of aromatic nitrogens is 2. The van der Waals surface area contributed by atoms with Gasteiger partial charge in [-0.3, -0.25) is 9.59 Å². The molecule has 0 aliphatic carbocycles. The minimum absolute atomic E-state index is 0.194. The lowest BCUT2D eigenvalue weighted by atomic mass is 10.1. The molecule has 1 heterocycles. The summed E-state index contributed by atoms with van der Waals surface area (Å²) in [6.45, 7) is 9.05. The number of nitrogens with two attached hydrogens (primary N) is 1. The van der Waals surface area contributed by atoms with E-state index in [1.807, 2.05) is 45.0 Å². The van der Waals surface area contributed by atoms with Crippen molar-refractivity contribution in [1.29, 1.82) is 0 Å². The van der Waals surface area contributed by atoms with Crippen LogP contribution in [0.4, 0.5) is 23.1 Å². The first-order valence-corrected chi connectivity index (χ1v) is 13.0. The highest BCUT2D eigenvalue weighted by atomic mass is 16.6. The topological polar surface area (TPSA) is 131 Å². The van der Waals surface area contributed by atoms with Gasteiger partial charge in [-0.1, -0.05) is 24.8 Å². The molecule has 1 amide bonds. The molecule has 0 saturated heterocycles. The lowest BCUT2D eigenvalue weighted by Gasteiger charge is -2.19. The molecular weight excluding hydrogens is 492 g/mol. The summed E-state index contributed by atoms with van der Waals surface area (Å²) >= 11 is 0. The van der Waals surface area contributed by atoms with Crippen LogP contribution < -0.4 is 21.7 Å². The Morgan fingerprint density at radius 1 is 1.00 bits per heavy atom. The Balaban J connectivity index is 1.66. The number of ether oxygens (including phenoxy) is 1. The Kier molecular flexibility index (Phi) is 10.3. The van der Waals surface area contributed by atoms with Gasteiger partial charge in [0.05, 0.1) is 11.8 Å². The SMILES string of the molecule is CCCNc1nc(Nc2ccc(C(N)=O)cc2)ncc1C#Cc1cccc(NCCCC(=O)OC(C)(C)C)c1. The van der Waals surface area contributed by atoms with Gasteiger partial charge in [-0.25, -0.2) is 4.98 Å². The van der Waals surface area contributed by atoms with Crippen molar-refractivity contribution >= 4 is 35.0 Å². The number of primary amides is 1. The van der Waals surface area contributed by atoms with Crippen LogP contribution >= 0.6 is 0 Å². The first-order chi connectivity index (χ1) is 18.6. The molecule has 0 spiro atoms. The number of carbonyl (C=O) groups is 2. The molecule has 0 unspecified atom stereocenters. The van der Waals surface area contributed by atoms with E-state index in [0.717, 1.165) is 29.9 Å². The van der Waals surface area contributed by atoms with Gasteiger partial charge < -0.3 is 26.4 Å². The number of carbonyl (C=O) groups excluding carboxylic acids is 2. The van der Waals surface area contributed by atoms with Crippen LogP contribution in [-0.4, -0.2) is 40.5 Å². The van der Waals surface area contributed by atoms with Crippen molar-refractivity contribution in [2.75, 3.05) is 29.0 Å². The highest BCUT2D eigenvalue weighted by Gasteiger charge is 2.15. The van der Waals surface area contributed by atoms with Gasteiger partial charge in [-0.05, 0) is 76.1 Å². The van der Waals surface area contributed by atoms with Gasteiger partial charge in [-0.15, -0.1) is 0 Å². The number of rotatable bonds is 11. The maximum absolute atomic E-state index is 11.9. The third-order valence-electron chi connectivity index (χ3n) is 5.27. The predicted molar refractivity (Wildman–Crippen MR) is 155 cm³/mol. The summed E-state index contributed by atoms with van der Waals surface area (Å²) < 4.78 is 5.35. The molecule has 2 aromatic carbocycles. The van der Waals surface area contributed by atoms with Crippen molar-refractivity contribution in [1.82, 2.24) is 9.97 Å². The molecule has 3 rings (SSSR count). The summed E-state index contributed by atoms with van der Waals surface area (Å²) in [5.41, 5.74) is 8.44. The average Bonchev–Trinajstić information content (AvgIpc) is 2.89. The van der Waals surface area contributed by atoms with Crippen molar-refractivity contribution in [3.63, 3.8) is 0 Å². The number of amides is 1. The second-order valence-corrected chi connectivity index (χ2v) is 9.90. The normalized spacial score (nSPS) is 10.7. The molecule has 39 heavy (non-hydrogen) atoms. The maximum atomic E-state index is 11.9. The molecule has 0 atom stereocenters. The van der Waals surface area contributed by atoms with Crippen LogP contribution in [0.5, 0.6) is 0 Å². The van der Waals surface area contributed by atoms with Crippen LogP contribution in [0.1, 0.15) is 68.4 Å². The largest absolute Gasteiger partial charge is 0.460 e. The van der Waals surface area contributed by atoms with Crippen molar-refractivity contribution in [3.05, 3.63) is 71.4 Å². The summed E-state index contributed by atoms with van der Waals surface area (Å²) in [6, 6.07) is 14.6. The number of anilines is 4. The lowest BCUT2D eigenvalue weighted by Crippen LogP contribution is -2.24. The molecule has 3 aromatic rings. The first-order valence-electron chi connectivity index (χ1n) is 13.0. The van der Waals surface area contributed by atoms with Crippen LogP contribution in [0.25, 0.3) is 0 Å². The van der Waals surface area contributed by atoms with E-state index in [0.29, 0.717) is 42.3 Å². The molecule has 0 saturated carbocycles. The van der Waals surface area contributed by atoms with Gasteiger partial charge in [0.2, 0.25) is 11.9 Å². The van der Waals surface area contributed by atoms with Gasteiger partial charge in [-0.2, -0.15) is 4.98 Å². The van der Waals surface area contributed by atoms with E-state index in [1.54, 1.807) is 30.5 Å². The summed E-state index contributed by atoms with van der Waals surface area (Å²) in [6.07, 6.45) is 3.64. The van der Waals surface area contributed by atoms with Crippen LogP contribution in [0.2, 0.25) is 0 Å². The number of hydrogen-bond donors (Lipinski definition) is 4. The number of hydrogen-bond acceptors (Lipinski definition) is 8. The second kappa shape index (κ2) is 13.8. The van der Waals surface area contributed by atoms with Gasteiger partial charge in [0.15, 0.2) is 0 Å². The smallest absolute Gasteiger partial charge is 0.306 e. The zero-order valence-corrected chi connectivity index (χ0v) is 22.9. The minimum Gasteiger partial charge on any atom is -0.460 e. The van der Waals surface area contributed by atoms with Gasteiger partial charge in [0.25, 0.3) is 0 Å². The van der Waals surface area contributed by atoms with Crippen LogP contribution in [0.3, 0.4) is 0 Å². The fourth-order valence-corrected chi connectivity index (χ4v) is 3.46. The molecule has 0 bridgehead atoms. The molecule has 1 aromatic heterocycles. The average molecular weight is 529 g/mol. The monoisotopic (exact) mass is 528 g/mol. The van der Waals surface area contributed by atoms with E-state index in [9.17, 15) is 9.59 Å². The lowest BCUT2D eigenvalue weighted by molar-refractivity contribution is -0.154. The molecule has 9 nitrogen and oxygen atoms in total. The Morgan fingerprint density at radius 2 is 1.77 bits per heavy atom. The Hall–Kier alpha value is -4.58. The maximum Gasteiger partial charge on any atom is 0.306 e. The third-order valence-corrected chi connectivity index (χ3v) is 5.27. The summed E-state index contributed by atoms with van der Waals surface area (Å²) in [5, 5.41) is 9.79. The number of benzene rings is 2. The predicted octanol–water partition coefficient (Wildman–Crippen LogP) is 5.07. The Labute approximate surface area is 230 Å². The number of nitrogens with one attached hydrogen (secondary N) is 3. The zero-order chi connectivity index (χ0) is 28.3. The molecule has 0 aliphatic rings. The van der Waals surface area contributed by atoms with E-state index >= 15 is 0 Å². The number of esters is 1. The molecule has 0 fully saturated rings. The van der Waals surface area contributed by atoms with E-state index in [1.165, 1.54) is 0 Å². The van der Waals surface area contributed by atoms with Crippen LogP contribution in [-0.2, 0) is 9.53 Å². The van der Waals surface area contributed by atoms with Crippen molar-refractivity contribution < 1.29 is 14.3 Å². The van der Waals surface area contributed by atoms with E-state index in [4.69, 9.17) is 10.5 Å². The van der Waals surface area contributed by atoms with Gasteiger partial charge >= 0.3 is 5.97 Å². The summed E-state index contributed by atoms with van der Waals surface area (Å²) in [7, 11) is 0. The first kappa shape index (κ1) is 29.0. The fraction of sp³-hybridized carbons (Fsp3) is 0.333.